The van der Waals surface area contributed by atoms with Crippen molar-refractivity contribution >= 4 is 54.9 Å². The number of hydrogen-bond acceptors (Lipinski definition) is 3. The van der Waals surface area contributed by atoms with Crippen LogP contribution in [-0.4, -0.2) is 65.9 Å². The van der Waals surface area contributed by atoms with Crippen molar-refractivity contribution in [2.24, 2.45) is 11.5 Å². The minimum Gasteiger partial charge on any atom is -0.870 e. The number of carbonyl (C=O) groups is 1. The Bertz CT molecular complexity index is 35.9. The Labute approximate surface area is 81.1 Å². The predicted molar refractivity (Wildman–Crippen MR) is 23.4 cm³/mol. The van der Waals surface area contributed by atoms with Crippen LogP contribution in [0.5, 0.6) is 0 Å². The predicted octanol–water partition coefficient (Wildman–Crippen LogP) is -1.71. The van der Waals surface area contributed by atoms with Crippen molar-refractivity contribution in [3.63, 3.8) is 0 Å². The van der Waals surface area contributed by atoms with Crippen molar-refractivity contribution in [1.82, 2.24) is 0 Å². The van der Waals surface area contributed by atoms with E-state index in [-0.39, 0.29) is 59.8 Å². The topological polar surface area (TPSA) is 129 Å². The van der Waals surface area contributed by atoms with Crippen LogP contribution in [0.25, 0.3) is 0 Å². The van der Waals surface area contributed by atoms with Gasteiger partial charge >= 0.3 is 54.9 Å². The SMILES string of the molecule is NC(N)=O.[Ba+2].[OH-].[OH-]. The third kappa shape index (κ3) is 264. The molecule has 0 saturated carbocycles. The molecule has 0 rings (SSSR count). The second-order valence-corrected chi connectivity index (χ2v) is 0.402. The van der Waals surface area contributed by atoms with E-state index in [4.69, 9.17) is 4.79 Å². The molecule has 0 aliphatic heterocycles. The Morgan fingerprint density at radius 1 is 1.14 bits per heavy atom. The van der Waals surface area contributed by atoms with E-state index < -0.39 is 6.03 Å². The number of amides is 2. The van der Waals surface area contributed by atoms with Crippen molar-refractivity contribution in [3.8, 4) is 0 Å². The molecule has 0 aromatic carbocycles. The molecule has 0 aromatic heterocycles. The Morgan fingerprint density at radius 3 is 1.14 bits per heavy atom. The number of rotatable bonds is 0. The van der Waals surface area contributed by atoms with E-state index in [1.807, 2.05) is 0 Å². The van der Waals surface area contributed by atoms with Gasteiger partial charge in [-0.3, -0.25) is 0 Å². The quantitative estimate of drug-likeness (QED) is 0.481. The Morgan fingerprint density at radius 2 is 1.14 bits per heavy atom. The van der Waals surface area contributed by atoms with Crippen LogP contribution < -0.4 is 11.5 Å². The summed E-state index contributed by atoms with van der Waals surface area (Å²) < 4.78 is 0. The third-order valence-corrected chi connectivity index (χ3v) is 0. The molecule has 0 aliphatic carbocycles. The number of primary amides is 2. The van der Waals surface area contributed by atoms with Gasteiger partial charge in [0.1, 0.15) is 0 Å². The van der Waals surface area contributed by atoms with Crippen molar-refractivity contribution in [3.05, 3.63) is 0 Å². The summed E-state index contributed by atoms with van der Waals surface area (Å²) in [4.78, 5) is 9.00. The van der Waals surface area contributed by atoms with Gasteiger partial charge in [0.2, 0.25) is 0 Å². The van der Waals surface area contributed by atoms with Crippen molar-refractivity contribution in [2.75, 3.05) is 0 Å². The standard InChI is InChI=1S/CH4N2O.Ba.2H2O/c2-1(3)4;;;/h(H4,2,3,4);;2*1H2/q;+2;;/p-2. The number of urea groups is 1. The summed E-state index contributed by atoms with van der Waals surface area (Å²) in [5, 5.41) is 0. The maximum atomic E-state index is 9.00. The van der Waals surface area contributed by atoms with Gasteiger partial charge in [-0.15, -0.1) is 0 Å². The average Bonchev–Trinajstić information content (AvgIpc) is 0.811. The molecule has 0 atom stereocenters. The molecule has 0 heterocycles. The molecule has 40 valence electrons. The van der Waals surface area contributed by atoms with Gasteiger partial charge in [-0.05, 0) is 0 Å². The second kappa shape index (κ2) is 15.9. The Kier molecular flexibility index (Phi) is 56.8. The summed E-state index contributed by atoms with van der Waals surface area (Å²) in [6, 6.07) is -0.833. The zero-order chi connectivity index (χ0) is 3.58. The first-order chi connectivity index (χ1) is 1.73. The molecule has 0 radical (unpaired) electrons. The summed E-state index contributed by atoms with van der Waals surface area (Å²) in [7, 11) is 0. The minimum absolute atomic E-state index is 0. The van der Waals surface area contributed by atoms with E-state index in [1.54, 1.807) is 0 Å². The van der Waals surface area contributed by atoms with Crippen molar-refractivity contribution in [1.29, 1.82) is 0 Å². The summed E-state index contributed by atoms with van der Waals surface area (Å²) in [5.41, 5.74) is 8.50. The smallest absolute Gasteiger partial charge is 0.870 e. The Balaban J connectivity index is -0.0000000150. The second-order valence-electron chi connectivity index (χ2n) is 0.402. The molecule has 0 fully saturated rings. The molecule has 5 nitrogen and oxygen atoms in total. The summed E-state index contributed by atoms with van der Waals surface area (Å²) in [6.07, 6.45) is 0. The molecule has 0 aliphatic rings. The van der Waals surface area contributed by atoms with Gasteiger partial charge in [0.05, 0.1) is 0 Å². The molecule has 2 amide bonds. The van der Waals surface area contributed by atoms with Crippen molar-refractivity contribution in [2.45, 2.75) is 0 Å². The van der Waals surface area contributed by atoms with Gasteiger partial charge in [-0.1, -0.05) is 0 Å². The van der Waals surface area contributed by atoms with Crippen LogP contribution in [0.1, 0.15) is 0 Å². The molecule has 6 heteroatoms. The van der Waals surface area contributed by atoms with Gasteiger partial charge in [0.15, 0.2) is 0 Å². The maximum absolute atomic E-state index is 9.00. The van der Waals surface area contributed by atoms with Crippen LogP contribution in [0, 0.1) is 0 Å². The van der Waals surface area contributed by atoms with Crippen LogP contribution >= 0.6 is 0 Å². The molecule has 7 heavy (non-hydrogen) atoms. The van der Waals surface area contributed by atoms with Gasteiger partial charge in [-0.2, -0.15) is 0 Å². The van der Waals surface area contributed by atoms with Crippen LogP contribution in [0.2, 0.25) is 0 Å². The van der Waals surface area contributed by atoms with Gasteiger partial charge in [0, 0.05) is 0 Å². The van der Waals surface area contributed by atoms with E-state index in [9.17, 15) is 0 Å². The van der Waals surface area contributed by atoms with Crippen molar-refractivity contribution < 1.29 is 15.7 Å². The van der Waals surface area contributed by atoms with Gasteiger partial charge in [-0.25, -0.2) is 4.79 Å². The van der Waals surface area contributed by atoms with E-state index in [0.717, 1.165) is 0 Å². The molecule has 0 aromatic rings. The molecule has 0 unspecified atom stereocenters. The van der Waals surface area contributed by atoms with E-state index in [1.165, 1.54) is 0 Å². The minimum atomic E-state index is -0.833. The maximum Gasteiger partial charge on any atom is 2.00 e. The average molecular weight is 231 g/mol. The monoisotopic (exact) mass is 232 g/mol. The normalized spacial score (nSPS) is 3.43. The molecular weight excluding hydrogens is 225 g/mol. The fraction of sp³-hybridized carbons (Fsp3) is 0. The Hall–Kier alpha value is 0.761. The molecule has 0 bridgehead atoms. The number of hydrogen-bond donors (Lipinski definition) is 2. The number of nitrogens with two attached hydrogens (primary N) is 2. The number of carbonyl (C=O) groups excluding carboxylic acids is 1. The summed E-state index contributed by atoms with van der Waals surface area (Å²) >= 11 is 0. The van der Waals surface area contributed by atoms with Crippen LogP contribution in [0.3, 0.4) is 0 Å². The molecule has 6 N–H and O–H groups in total. The van der Waals surface area contributed by atoms with Crippen LogP contribution in [0.4, 0.5) is 4.79 Å². The molecule has 0 spiro atoms. The van der Waals surface area contributed by atoms with Crippen LogP contribution in [0.15, 0.2) is 0 Å². The fourth-order valence-corrected chi connectivity index (χ4v) is 0. The third-order valence-electron chi connectivity index (χ3n) is 0. The first kappa shape index (κ1) is 25.1. The molecule has 0 saturated heterocycles. The first-order valence-electron chi connectivity index (χ1n) is 0.781. The van der Waals surface area contributed by atoms with E-state index >= 15 is 0 Å². The zero-order valence-electron chi connectivity index (χ0n) is 3.66. The van der Waals surface area contributed by atoms with Gasteiger partial charge in [0.25, 0.3) is 0 Å². The largest absolute Gasteiger partial charge is 2.00 e. The zero-order valence-corrected chi connectivity index (χ0v) is 8.11. The first-order valence-corrected chi connectivity index (χ1v) is 0.781. The van der Waals surface area contributed by atoms with Crippen LogP contribution in [-0.2, 0) is 0 Å². The molecular formula is CH6BaN2O3. The van der Waals surface area contributed by atoms with E-state index in [2.05, 4.69) is 11.5 Å². The summed E-state index contributed by atoms with van der Waals surface area (Å²) in [6.45, 7) is 0. The van der Waals surface area contributed by atoms with E-state index in [0.29, 0.717) is 0 Å². The summed E-state index contributed by atoms with van der Waals surface area (Å²) in [5.74, 6) is 0. The van der Waals surface area contributed by atoms with Gasteiger partial charge < -0.3 is 22.4 Å². The fourth-order valence-electron chi connectivity index (χ4n) is 0.